The van der Waals surface area contributed by atoms with E-state index in [1.807, 2.05) is 32.9 Å². The van der Waals surface area contributed by atoms with Crippen molar-refractivity contribution >= 4 is 11.9 Å². The van der Waals surface area contributed by atoms with Crippen LogP contribution < -0.4 is 5.32 Å². The summed E-state index contributed by atoms with van der Waals surface area (Å²) in [7, 11) is 0. The SMILES string of the molecule is Cc1c(C(=O)NC(CC2CCCc3ccccc32)C(=O)O)cnn1C(C)C. The van der Waals surface area contributed by atoms with Gasteiger partial charge < -0.3 is 10.4 Å². The molecule has 1 heterocycles. The number of benzene rings is 1. The average Bonchev–Trinajstić information content (AvgIpc) is 3.03. The van der Waals surface area contributed by atoms with Crippen molar-refractivity contribution in [3.63, 3.8) is 0 Å². The first-order valence-electron chi connectivity index (χ1n) is 9.54. The third-order valence-corrected chi connectivity index (χ3v) is 5.40. The van der Waals surface area contributed by atoms with Crippen molar-refractivity contribution in [1.82, 2.24) is 15.1 Å². The maximum Gasteiger partial charge on any atom is 0.326 e. The maximum atomic E-state index is 12.7. The fraction of sp³-hybridized carbons (Fsp3) is 0.476. The van der Waals surface area contributed by atoms with Crippen LogP contribution in [-0.2, 0) is 11.2 Å². The smallest absolute Gasteiger partial charge is 0.326 e. The average molecular weight is 369 g/mol. The zero-order valence-corrected chi connectivity index (χ0v) is 16.1. The highest BCUT2D eigenvalue weighted by Gasteiger charge is 2.29. The lowest BCUT2D eigenvalue weighted by atomic mass is 9.79. The Kier molecular flexibility index (Phi) is 5.63. The number of nitrogens with zero attached hydrogens (tertiary/aromatic N) is 2. The summed E-state index contributed by atoms with van der Waals surface area (Å²) < 4.78 is 1.77. The maximum absolute atomic E-state index is 12.7. The van der Waals surface area contributed by atoms with Gasteiger partial charge in [0.2, 0.25) is 0 Å². The Morgan fingerprint density at radius 3 is 2.74 bits per heavy atom. The summed E-state index contributed by atoms with van der Waals surface area (Å²) in [5, 5.41) is 16.6. The molecule has 2 unspecified atom stereocenters. The van der Waals surface area contributed by atoms with Crippen molar-refractivity contribution < 1.29 is 14.7 Å². The molecule has 0 saturated heterocycles. The Labute approximate surface area is 159 Å². The Morgan fingerprint density at radius 2 is 2.07 bits per heavy atom. The van der Waals surface area contributed by atoms with Gasteiger partial charge in [-0.2, -0.15) is 5.10 Å². The lowest BCUT2D eigenvalue weighted by Gasteiger charge is -2.28. The van der Waals surface area contributed by atoms with Crippen LogP contribution in [0.15, 0.2) is 30.5 Å². The molecule has 0 aliphatic heterocycles. The summed E-state index contributed by atoms with van der Waals surface area (Å²) in [5.74, 6) is -1.23. The van der Waals surface area contributed by atoms with E-state index < -0.39 is 12.0 Å². The molecule has 0 bridgehead atoms. The topological polar surface area (TPSA) is 84.2 Å². The van der Waals surface area contributed by atoms with Gasteiger partial charge >= 0.3 is 5.97 Å². The van der Waals surface area contributed by atoms with Gasteiger partial charge in [-0.1, -0.05) is 24.3 Å². The van der Waals surface area contributed by atoms with Crippen LogP contribution in [0, 0.1) is 6.92 Å². The van der Waals surface area contributed by atoms with Crippen molar-refractivity contribution in [1.29, 1.82) is 0 Å². The number of aliphatic carboxylic acids is 1. The van der Waals surface area contributed by atoms with Gasteiger partial charge in [0, 0.05) is 11.7 Å². The molecule has 144 valence electrons. The van der Waals surface area contributed by atoms with Crippen molar-refractivity contribution in [2.75, 3.05) is 0 Å². The molecule has 0 spiro atoms. The molecule has 1 aliphatic rings. The molecular weight excluding hydrogens is 342 g/mol. The summed E-state index contributed by atoms with van der Waals surface area (Å²) in [5.41, 5.74) is 3.68. The van der Waals surface area contributed by atoms with Gasteiger partial charge in [0.05, 0.1) is 11.8 Å². The van der Waals surface area contributed by atoms with Crippen LogP contribution in [0.5, 0.6) is 0 Å². The number of hydrogen-bond acceptors (Lipinski definition) is 3. The summed E-state index contributed by atoms with van der Waals surface area (Å²) in [4.78, 5) is 24.5. The van der Waals surface area contributed by atoms with Crippen LogP contribution in [-0.4, -0.2) is 32.8 Å². The monoisotopic (exact) mass is 369 g/mol. The fourth-order valence-corrected chi connectivity index (χ4v) is 4.01. The molecule has 6 nitrogen and oxygen atoms in total. The first kappa shape index (κ1) is 19.1. The third kappa shape index (κ3) is 4.04. The largest absolute Gasteiger partial charge is 0.480 e. The van der Waals surface area contributed by atoms with Crippen LogP contribution in [0.2, 0.25) is 0 Å². The molecule has 1 amide bonds. The lowest BCUT2D eigenvalue weighted by Crippen LogP contribution is -2.42. The highest BCUT2D eigenvalue weighted by atomic mass is 16.4. The van der Waals surface area contributed by atoms with E-state index in [0.717, 1.165) is 25.0 Å². The molecule has 27 heavy (non-hydrogen) atoms. The van der Waals surface area contributed by atoms with Gasteiger partial charge in [-0.3, -0.25) is 9.48 Å². The molecule has 0 fully saturated rings. The highest BCUT2D eigenvalue weighted by molar-refractivity contribution is 5.97. The normalized spacial score (nSPS) is 17.4. The van der Waals surface area contributed by atoms with E-state index in [1.54, 1.807) is 4.68 Å². The van der Waals surface area contributed by atoms with Crippen LogP contribution >= 0.6 is 0 Å². The molecule has 3 rings (SSSR count). The summed E-state index contributed by atoms with van der Waals surface area (Å²) in [6, 6.07) is 7.43. The number of nitrogens with one attached hydrogen (secondary N) is 1. The first-order chi connectivity index (χ1) is 12.9. The number of fused-ring (bicyclic) bond motifs is 1. The Bertz CT molecular complexity index is 841. The van der Waals surface area contributed by atoms with E-state index in [1.165, 1.54) is 17.3 Å². The Balaban J connectivity index is 1.76. The van der Waals surface area contributed by atoms with Crippen LogP contribution in [0.1, 0.15) is 72.2 Å². The standard InChI is InChI=1S/C21H27N3O3/c1-13(2)24-14(3)18(12-22-24)20(25)23-19(21(26)27)11-16-9-6-8-15-7-4-5-10-17(15)16/h4-5,7,10,12-13,16,19H,6,8-9,11H2,1-3H3,(H,23,25)(H,26,27). The minimum absolute atomic E-state index is 0.139. The second-order valence-corrected chi connectivity index (χ2v) is 7.57. The van der Waals surface area contributed by atoms with Crippen LogP contribution in [0.4, 0.5) is 0 Å². The predicted octanol–water partition coefficient (Wildman–Crippen LogP) is 3.47. The number of amides is 1. The minimum Gasteiger partial charge on any atom is -0.480 e. The number of carbonyl (C=O) groups is 2. The number of aromatic nitrogens is 2. The molecule has 0 saturated carbocycles. The van der Waals surface area contributed by atoms with Crippen molar-refractivity contribution in [2.45, 2.75) is 64.5 Å². The van der Waals surface area contributed by atoms with Gasteiger partial charge in [0.25, 0.3) is 5.91 Å². The second-order valence-electron chi connectivity index (χ2n) is 7.57. The molecule has 1 aromatic carbocycles. The fourth-order valence-electron chi connectivity index (χ4n) is 4.01. The summed E-state index contributed by atoms with van der Waals surface area (Å²) in [6.07, 6.45) is 4.93. The number of carbonyl (C=O) groups excluding carboxylic acids is 1. The zero-order valence-electron chi connectivity index (χ0n) is 16.1. The quantitative estimate of drug-likeness (QED) is 0.817. The van der Waals surface area contributed by atoms with Gasteiger partial charge in [-0.15, -0.1) is 0 Å². The van der Waals surface area contributed by atoms with E-state index in [-0.39, 0.29) is 17.9 Å². The van der Waals surface area contributed by atoms with Gasteiger partial charge in [-0.25, -0.2) is 4.79 Å². The second kappa shape index (κ2) is 7.94. The van der Waals surface area contributed by atoms with E-state index in [4.69, 9.17) is 0 Å². The number of aryl methyl sites for hydroxylation is 1. The molecule has 1 aromatic heterocycles. The number of hydrogen-bond donors (Lipinski definition) is 2. The molecule has 2 atom stereocenters. The highest BCUT2D eigenvalue weighted by Crippen LogP contribution is 2.34. The molecular formula is C21H27N3O3. The van der Waals surface area contributed by atoms with E-state index in [9.17, 15) is 14.7 Å². The van der Waals surface area contributed by atoms with Crippen molar-refractivity contribution in [3.8, 4) is 0 Å². The van der Waals surface area contributed by atoms with Crippen LogP contribution in [0.3, 0.4) is 0 Å². The van der Waals surface area contributed by atoms with Crippen LogP contribution in [0.25, 0.3) is 0 Å². The number of rotatable bonds is 6. The minimum atomic E-state index is -1.000. The lowest BCUT2D eigenvalue weighted by molar-refractivity contribution is -0.139. The predicted molar refractivity (Wildman–Crippen MR) is 103 cm³/mol. The van der Waals surface area contributed by atoms with E-state index in [2.05, 4.69) is 22.5 Å². The summed E-state index contributed by atoms with van der Waals surface area (Å²) in [6.45, 7) is 5.81. The molecule has 1 aliphatic carbocycles. The summed E-state index contributed by atoms with van der Waals surface area (Å²) >= 11 is 0. The third-order valence-electron chi connectivity index (χ3n) is 5.40. The van der Waals surface area contributed by atoms with Gasteiger partial charge in [0.15, 0.2) is 0 Å². The Morgan fingerprint density at radius 1 is 1.33 bits per heavy atom. The molecule has 2 N–H and O–H groups in total. The van der Waals surface area contributed by atoms with Crippen molar-refractivity contribution in [2.24, 2.45) is 0 Å². The van der Waals surface area contributed by atoms with Gasteiger partial charge in [-0.05, 0) is 63.5 Å². The number of carboxylic acid groups (broad SMARTS) is 1. The molecule has 0 radical (unpaired) electrons. The van der Waals surface area contributed by atoms with E-state index >= 15 is 0 Å². The van der Waals surface area contributed by atoms with Gasteiger partial charge in [0.1, 0.15) is 6.04 Å². The van der Waals surface area contributed by atoms with Crippen molar-refractivity contribution in [3.05, 3.63) is 52.8 Å². The Hall–Kier alpha value is -2.63. The molecule has 6 heteroatoms. The molecule has 2 aromatic rings. The number of carboxylic acids is 1. The van der Waals surface area contributed by atoms with E-state index in [0.29, 0.717) is 12.0 Å². The zero-order chi connectivity index (χ0) is 19.6. The first-order valence-corrected chi connectivity index (χ1v) is 9.54.